The van der Waals surface area contributed by atoms with Crippen LogP contribution < -0.4 is 11.1 Å². The van der Waals surface area contributed by atoms with E-state index in [9.17, 15) is 9.90 Å². The van der Waals surface area contributed by atoms with E-state index < -0.39 is 6.10 Å². The standard InChI is InChI=1S/C14H24N2O2S/c1-10(2)5-11(7-15)6-14(18)16-8-13(17)12-3-4-19-9-12/h3-4,9-11,13,17H,5-8,15H2,1-2H3,(H,16,18)/t11-,13?/m0/s1. The SMILES string of the molecule is CC(C)C[C@H](CN)CC(=O)NCC(O)c1ccsc1. The average Bonchev–Trinajstić information content (AvgIpc) is 2.88. The fourth-order valence-corrected chi connectivity index (χ4v) is 2.76. The van der Waals surface area contributed by atoms with Crippen LogP contribution in [0.4, 0.5) is 0 Å². The van der Waals surface area contributed by atoms with Crippen LogP contribution in [-0.4, -0.2) is 24.1 Å². The lowest BCUT2D eigenvalue weighted by atomic mass is 9.94. The maximum Gasteiger partial charge on any atom is 0.220 e. The number of carbonyl (C=O) groups excluding carboxylic acids is 1. The summed E-state index contributed by atoms with van der Waals surface area (Å²) < 4.78 is 0. The minimum absolute atomic E-state index is 0.0367. The van der Waals surface area contributed by atoms with Crippen molar-refractivity contribution in [2.24, 2.45) is 17.6 Å². The molecule has 5 heteroatoms. The molecule has 108 valence electrons. The van der Waals surface area contributed by atoms with Gasteiger partial charge in [0, 0.05) is 13.0 Å². The second-order valence-corrected chi connectivity index (χ2v) is 6.09. The van der Waals surface area contributed by atoms with Gasteiger partial charge in [-0.1, -0.05) is 13.8 Å². The first kappa shape index (κ1) is 16.1. The van der Waals surface area contributed by atoms with E-state index in [2.05, 4.69) is 19.2 Å². The Morgan fingerprint density at radius 1 is 1.53 bits per heavy atom. The normalized spacial score (nSPS) is 14.4. The summed E-state index contributed by atoms with van der Waals surface area (Å²) in [6, 6.07) is 1.86. The van der Waals surface area contributed by atoms with Gasteiger partial charge in [-0.3, -0.25) is 4.79 Å². The largest absolute Gasteiger partial charge is 0.387 e. The molecule has 0 radical (unpaired) electrons. The lowest BCUT2D eigenvalue weighted by Gasteiger charge is -2.17. The molecule has 1 rings (SSSR count). The molecule has 1 unspecified atom stereocenters. The zero-order chi connectivity index (χ0) is 14.3. The highest BCUT2D eigenvalue weighted by molar-refractivity contribution is 7.07. The van der Waals surface area contributed by atoms with Crippen LogP contribution in [0.2, 0.25) is 0 Å². The number of thiophene rings is 1. The summed E-state index contributed by atoms with van der Waals surface area (Å²) in [6.45, 7) is 5.04. The van der Waals surface area contributed by atoms with Crippen molar-refractivity contribution in [1.29, 1.82) is 0 Å². The molecule has 2 atom stereocenters. The molecule has 19 heavy (non-hydrogen) atoms. The van der Waals surface area contributed by atoms with E-state index in [4.69, 9.17) is 5.73 Å². The third kappa shape index (κ3) is 6.18. The van der Waals surface area contributed by atoms with Crippen molar-refractivity contribution in [3.63, 3.8) is 0 Å². The molecule has 4 nitrogen and oxygen atoms in total. The van der Waals surface area contributed by atoms with Gasteiger partial charge < -0.3 is 16.2 Å². The number of carbonyl (C=O) groups is 1. The van der Waals surface area contributed by atoms with Gasteiger partial charge in [0.2, 0.25) is 5.91 Å². The quantitative estimate of drug-likeness (QED) is 0.682. The van der Waals surface area contributed by atoms with Gasteiger partial charge in [0.25, 0.3) is 0 Å². The molecule has 0 aliphatic carbocycles. The Morgan fingerprint density at radius 2 is 2.26 bits per heavy atom. The molecule has 0 aromatic carbocycles. The van der Waals surface area contributed by atoms with E-state index in [1.54, 1.807) is 0 Å². The van der Waals surface area contributed by atoms with Crippen molar-refractivity contribution in [3.8, 4) is 0 Å². The van der Waals surface area contributed by atoms with Crippen LogP contribution in [0.15, 0.2) is 16.8 Å². The summed E-state index contributed by atoms with van der Waals surface area (Å²) in [5.74, 6) is 0.724. The van der Waals surface area contributed by atoms with Gasteiger partial charge in [0.15, 0.2) is 0 Å². The van der Waals surface area contributed by atoms with E-state index >= 15 is 0 Å². The van der Waals surface area contributed by atoms with Crippen LogP contribution in [0.1, 0.15) is 38.4 Å². The molecule has 0 bridgehead atoms. The van der Waals surface area contributed by atoms with Crippen LogP contribution in [0, 0.1) is 11.8 Å². The first-order valence-electron chi connectivity index (χ1n) is 6.69. The highest BCUT2D eigenvalue weighted by Gasteiger charge is 2.15. The Kier molecular flexibility index (Phi) is 7.05. The molecule has 0 saturated carbocycles. The van der Waals surface area contributed by atoms with Crippen molar-refractivity contribution in [1.82, 2.24) is 5.32 Å². The Hall–Kier alpha value is -0.910. The Balaban J connectivity index is 2.30. The molecule has 0 saturated heterocycles. The third-order valence-electron chi connectivity index (χ3n) is 3.03. The number of aliphatic hydroxyl groups is 1. The minimum Gasteiger partial charge on any atom is -0.387 e. The summed E-state index contributed by atoms with van der Waals surface area (Å²) in [4.78, 5) is 11.8. The summed E-state index contributed by atoms with van der Waals surface area (Å²) in [7, 11) is 0. The molecule has 0 aliphatic heterocycles. The fraction of sp³-hybridized carbons (Fsp3) is 0.643. The molecule has 1 heterocycles. The molecule has 1 amide bonds. The Morgan fingerprint density at radius 3 is 2.79 bits per heavy atom. The van der Waals surface area contributed by atoms with Crippen LogP contribution in [0.5, 0.6) is 0 Å². The monoisotopic (exact) mass is 284 g/mol. The third-order valence-corrected chi connectivity index (χ3v) is 3.73. The topological polar surface area (TPSA) is 75.4 Å². The zero-order valence-corrected chi connectivity index (χ0v) is 12.5. The number of hydrogen-bond acceptors (Lipinski definition) is 4. The Bertz CT molecular complexity index is 366. The number of aliphatic hydroxyl groups excluding tert-OH is 1. The molecular formula is C14H24N2O2S. The zero-order valence-electron chi connectivity index (χ0n) is 11.6. The van der Waals surface area contributed by atoms with Crippen molar-refractivity contribution < 1.29 is 9.90 Å². The number of hydrogen-bond donors (Lipinski definition) is 3. The van der Waals surface area contributed by atoms with Crippen molar-refractivity contribution in [3.05, 3.63) is 22.4 Å². The average molecular weight is 284 g/mol. The highest BCUT2D eigenvalue weighted by atomic mass is 32.1. The summed E-state index contributed by atoms with van der Waals surface area (Å²) >= 11 is 1.53. The van der Waals surface area contributed by atoms with Crippen LogP contribution in [-0.2, 0) is 4.79 Å². The summed E-state index contributed by atoms with van der Waals surface area (Å²) in [5.41, 5.74) is 6.52. The second kappa shape index (κ2) is 8.30. The van der Waals surface area contributed by atoms with Gasteiger partial charge >= 0.3 is 0 Å². The molecule has 1 aromatic rings. The molecular weight excluding hydrogens is 260 g/mol. The van der Waals surface area contributed by atoms with Gasteiger partial charge in [0.1, 0.15) is 0 Å². The minimum atomic E-state index is -0.628. The molecule has 0 spiro atoms. The van der Waals surface area contributed by atoms with Gasteiger partial charge in [-0.2, -0.15) is 11.3 Å². The smallest absolute Gasteiger partial charge is 0.220 e. The van der Waals surface area contributed by atoms with Gasteiger partial charge in [-0.15, -0.1) is 0 Å². The molecule has 0 fully saturated rings. The van der Waals surface area contributed by atoms with E-state index in [-0.39, 0.29) is 18.4 Å². The Labute approximate surface area is 119 Å². The summed E-state index contributed by atoms with van der Waals surface area (Å²) in [6.07, 6.45) is 0.763. The lowest BCUT2D eigenvalue weighted by molar-refractivity contribution is -0.122. The molecule has 0 aliphatic rings. The van der Waals surface area contributed by atoms with Gasteiger partial charge in [-0.25, -0.2) is 0 Å². The predicted octanol–water partition coefficient (Wildman–Crippen LogP) is 1.91. The summed E-state index contributed by atoms with van der Waals surface area (Å²) in [5, 5.41) is 16.4. The number of amides is 1. The van der Waals surface area contributed by atoms with Gasteiger partial charge in [0.05, 0.1) is 6.10 Å². The van der Waals surface area contributed by atoms with Crippen LogP contribution in [0.25, 0.3) is 0 Å². The maximum atomic E-state index is 11.8. The first-order valence-corrected chi connectivity index (χ1v) is 7.64. The predicted molar refractivity (Wildman–Crippen MR) is 78.9 cm³/mol. The second-order valence-electron chi connectivity index (χ2n) is 5.31. The van der Waals surface area contributed by atoms with Crippen LogP contribution >= 0.6 is 11.3 Å². The first-order chi connectivity index (χ1) is 9.02. The van der Waals surface area contributed by atoms with E-state index in [1.165, 1.54) is 11.3 Å². The van der Waals surface area contributed by atoms with Crippen molar-refractivity contribution in [2.45, 2.75) is 32.8 Å². The fourth-order valence-electron chi connectivity index (χ4n) is 2.06. The number of nitrogens with two attached hydrogens (primary N) is 1. The number of rotatable bonds is 8. The molecule has 1 aromatic heterocycles. The van der Waals surface area contributed by atoms with E-state index in [0.29, 0.717) is 18.9 Å². The van der Waals surface area contributed by atoms with E-state index in [0.717, 1.165) is 12.0 Å². The van der Waals surface area contributed by atoms with E-state index in [1.807, 2.05) is 16.8 Å². The van der Waals surface area contributed by atoms with Gasteiger partial charge in [-0.05, 0) is 47.2 Å². The lowest BCUT2D eigenvalue weighted by Crippen LogP contribution is -2.31. The van der Waals surface area contributed by atoms with Crippen molar-refractivity contribution >= 4 is 17.2 Å². The number of nitrogens with one attached hydrogen (secondary N) is 1. The highest BCUT2D eigenvalue weighted by Crippen LogP contribution is 2.16. The van der Waals surface area contributed by atoms with Crippen LogP contribution in [0.3, 0.4) is 0 Å². The van der Waals surface area contributed by atoms with Crippen molar-refractivity contribution in [2.75, 3.05) is 13.1 Å². The molecule has 4 N–H and O–H groups in total. The maximum absolute atomic E-state index is 11.8.